The van der Waals surface area contributed by atoms with Crippen LogP contribution >= 0.6 is 0 Å². The van der Waals surface area contributed by atoms with Crippen LogP contribution in [0.4, 0.5) is 10.1 Å². The third-order valence-electron chi connectivity index (χ3n) is 2.12. The van der Waals surface area contributed by atoms with Crippen molar-refractivity contribution in [3.63, 3.8) is 0 Å². The number of anilines is 1. The van der Waals surface area contributed by atoms with Crippen LogP contribution in [0.25, 0.3) is 0 Å². The van der Waals surface area contributed by atoms with Crippen molar-refractivity contribution in [3.05, 3.63) is 36.7 Å². The van der Waals surface area contributed by atoms with E-state index in [2.05, 4.69) is 11.3 Å². The molecule has 0 amide bonds. The van der Waals surface area contributed by atoms with E-state index < -0.39 is 20.7 Å². The predicted octanol–water partition coefficient (Wildman–Crippen LogP) is 1.65. The highest BCUT2D eigenvalue weighted by atomic mass is 32.2. The minimum absolute atomic E-state index is 0.197. The van der Waals surface area contributed by atoms with Crippen molar-refractivity contribution >= 4 is 15.7 Å². The number of sulfonamides is 1. The van der Waals surface area contributed by atoms with Crippen molar-refractivity contribution in [1.29, 1.82) is 0 Å². The van der Waals surface area contributed by atoms with Crippen molar-refractivity contribution in [2.24, 2.45) is 0 Å². The summed E-state index contributed by atoms with van der Waals surface area (Å²) in [7, 11) is -3.89. The van der Waals surface area contributed by atoms with E-state index in [1.165, 1.54) is 6.07 Å². The monoisotopic (exact) mass is 258 g/mol. The molecule has 0 aliphatic carbocycles. The van der Waals surface area contributed by atoms with Gasteiger partial charge in [0.2, 0.25) is 10.0 Å². The second-order valence-corrected chi connectivity index (χ2v) is 5.42. The van der Waals surface area contributed by atoms with E-state index in [-0.39, 0.29) is 11.7 Å². The molecule has 3 N–H and O–H groups in total. The van der Waals surface area contributed by atoms with Gasteiger partial charge in [-0.3, -0.25) is 0 Å². The lowest BCUT2D eigenvalue weighted by molar-refractivity contribution is 0.544. The van der Waals surface area contributed by atoms with E-state index in [0.717, 1.165) is 12.1 Å². The molecule has 0 aliphatic heterocycles. The van der Waals surface area contributed by atoms with E-state index in [1.54, 1.807) is 13.0 Å². The van der Waals surface area contributed by atoms with Gasteiger partial charge in [-0.1, -0.05) is 6.08 Å². The molecule has 1 rings (SSSR count). The molecule has 1 unspecified atom stereocenters. The lowest BCUT2D eigenvalue weighted by Crippen LogP contribution is -2.32. The first kappa shape index (κ1) is 13.7. The lowest BCUT2D eigenvalue weighted by atomic mass is 10.3. The molecule has 0 bridgehead atoms. The zero-order valence-corrected chi connectivity index (χ0v) is 10.3. The normalized spacial score (nSPS) is 13.3. The quantitative estimate of drug-likeness (QED) is 0.623. The van der Waals surface area contributed by atoms with Gasteiger partial charge in [-0.2, -0.15) is 0 Å². The first-order chi connectivity index (χ1) is 7.86. The Hall–Kier alpha value is -1.40. The van der Waals surface area contributed by atoms with Gasteiger partial charge in [0.05, 0.1) is 0 Å². The fourth-order valence-corrected chi connectivity index (χ4v) is 2.72. The first-order valence-corrected chi connectivity index (χ1v) is 6.53. The topological polar surface area (TPSA) is 72.2 Å². The van der Waals surface area contributed by atoms with E-state index in [1.807, 2.05) is 0 Å². The summed E-state index contributed by atoms with van der Waals surface area (Å²) in [5.74, 6) is -0.822. The summed E-state index contributed by atoms with van der Waals surface area (Å²) < 4.78 is 39.5. The number of rotatable bonds is 5. The van der Waals surface area contributed by atoms with Crippen LogP contribution in [-0.4, -0.2) is 14.5 Å². The number of nitrogens with two attached hydrogens (primary N) is 1. The molecule has 1 atom stereocenters. The Bertz CT molecular complexity index is 514. The molecule has 1 aromatic rings. The zero-order chi connectivity index (χ0) is 13.1. The molecular formula is C11H15FN2O2S. The van der Waals surface area contributed by atoms with Gasteiger partial charge >= 0.3 is 0 Å². The molecule has 0 aromatic heterocycles. The number of nitrogens with one attached hydrogen (secondary N) is 1. The minimum Gasteiger partial charge on any atom is -0.399 e. The highest BCUT2D eigenvalue weighted by molar-refractivity contribution is 7.89. The van der Waals surface area contributed by atoms with Gasteiger partial charge in [0.1, 0.15) is 10.7 Å². The van der Waals surface area contributed by atoms with Crippen molar-refractivity contribution in [3.8, 4) is 0 Å². The Morgan fingerprint density at radius 3 is 2.82 bits per heavy atom. The molecule has 6 heteroatoms. The van der Waals surface area contributed by atoms with Gasteiger partial charge in [0.25, 0.3) is 0 Å². The van der Waals surface area contributed by atoms with Gasteiger partial charge in [-0.25, -0.2) is 17.5 Å². The van der Waals surface area contributed by atoms with Gasteiger partial charge in [-0.15, -0.1) is 6.58 Å². The molecule has 17 heavy (non-hydrogen) atoms. The lowest BCUT2D eigenvalue weighted by Gasteiger charge is -2.13. The average molecular weight is 258 g/mol. The van der Waals surface area contributed by atoms with Crippen molar-refractivity contribution in [2.45, 2.75) is 24.3 Å². The molecule has 0 radical (unpaired) electrons. The van der Waals surface area contributed by atoms with Crippen LogP contribution in [0.2, 0.25) is 0 Å². The Morgan fingerprint density at radius 2 is 2.24 bits per heavy atom. The third-order valence-corrected chi connectivity index (χ3v) is 3.73. The van der Waals surface area contributed by atoms with Gasteiger partial charge in [0, 0.05) is 11.7 Å². The Balaban J connectivity index is 3.04. The summed E-state index contributed by atoms with van der Waals surface area (Å²) in [4.78, 5) is -0.437. The highest BCUT2D eigenvalue weighted by Crippen LogP contribution is 2.18. The predicted molar refractivity (Wildman–Crippen MR) is 65.4 cm³/mol. The zero-order valence-electron chi connectivity index (χ0n) is 9.48. The van der Waals surface area contributed by atoms with Crippen LogP contribution in [0, 0.1) is 5.82 Å². The summed E-state index contributed by atoms with van der Waals surface area (Å²) in [6.07, 6.45) is 2.05. The van der Waals surface area contributed by atoms with Crippen LogP contribution in [-0.2, 0) is 10.0 Å². The summed E-state index contributed by atoms with van der Waals surface area (Å²) in [5.41, 5.74) is 5.64. The number of hydrogen-bond donors (Lipinski definition) is 2. The van der Waals surface area contributed by atoms with Crippen molar-refractivity contribution in [2.75, 3.05) is 5.73 Å². The average Bonchev–Trinajstić information content (AvgIpc) is 2.21. The maximum absolute atomic E-state index is 13.4. The molecule has 1 aromatic carbocycles. The van der Waals surface area contributed by atoms with Crippen LogP contribution < -0.4 is 10.5 Å². The summed E-state index contributed by atoms with van der Waals surface area (Å²) in [6, 6.07) is 3.08. The number of halogens is 1. The largest absolute Gasteiger partial charge is 0.399 e. The first-order valence-electron chi connectivity index (χ1n) is 5.05. The molecule has 0 saturated carbocycles. The van der Waals surface area contributed by atoms with E-state index in [9.17, 15) is 12.8 Å². The number of nitrogen functional groups attached to an aromatic ring is 1. The van der Waals surface area contributed by atoms with E-state index in [0.29, 0.717) is 6.42 Å². The molecule has 0 fully saturated rings. The standard InChI is InChI=1S/C11H15FN2O2S/c1-3-4-8(2)14-17(15,16)11-7-9(13)5-6-10(11)12/h3,5-8,14H,1,4,13H2,2H3. The smallest absolute Gasteiger partial charge is 0.243 e. The van der Waals surface area contributed by atoms with E-state index in [4.69, 9.17) is 5.73 Å². The van der Waals surface area contributed by atoms with Crippen molar-refractivity contribution < 1.29 is 12.8 Å². The highest BCUT2D eigenvalue weighted by Gasteiger charge is 2.21. The molecule has 94 valence electrons. The maximum Gasteiger partial charge on any atom is 0.243 e. The van der Waals surface area contributed by atoms with Crippen LogP contribution in [0.3, 0.4) is 0 Å². The summed E-state index contributed by atoms with van der Waals surface area (Å²) in [5, 5.41) is 0. The van der Waals surface area contributed by atoms with Gasteiger partial charge < -0.3 is 5.73 Å². The summed E-state index contributed by atoms with van der Waals surface area (Å²) >= 11 is 0. The Morgan fingerprint density at radius 1 is 1.59 bits per heavy atom. The third kappa shape index (κ3) is 3.54. The maximum atomic E-state index is 13.4. The van der Waals surface area contributed by atoms with Crippen LogP contribution in [0.15, 0.2) is 35.7 Å². The number of benzene rings is 1. The minimum atomic E-state index is -3.89. The van der Waals surface area contributed by atoms with Gasteiger partial charge in [-0.05, 0) is 31.5 Å². The van der Waals surface area contributed by atoms with Crippen LogP contribution in [0.5, 0.6) is 0 Å². The van der Waals surface area contributed by atoms with E-state index >= 15 is 0 Å². The molecular weight excluding hydrogens is 243 g/mol. The fraction of sp³-hybridized carbons (Fsp3) is 0.273. The second kappa shape index (κ2) is 5.29. The molecule has 0 aliphatic rings. The molecule has 0 saturated heterocycles. The fourth-order valence-electron chi connectivity index (χ4n) is 1.35. The molecule has 0 spiro atoms. The summed E-state index contributed by atoms with van der Waals surface area (Å²) in [6.45, 7) is 5.18. The number of hydrogen-bond acceptors (Lipinski definition) is 3. The molecule has 4 nitrogen and oxygen atoms in total. The molecule has 0 heterocycles. The second-order valence-electron chi connectivity index (χ2n) is 3.74. The van der Waals surface area contributed by atoms with Crippen molar-refractivity contribution in [1.82, 2.24) is 4.72 Å². The Kier molecular flexibility index (Phi) is 4.25. The Labute approximate surface area is 100 Å². The van der Waals surface area contributed by atoms with Crippen LogP contribution in [0.1, 0.15) is 13.3 Å². The SMILES string of the molecule is C=CCC(C)NS(=O)(=O)c1cc(N)ccc1F. The van der Waals surface area contributed by atoms with Gasteiger partial charge in [0.15, 0.2) is 0 Å².